The fourth-order valence-corrected chi connectivity index (χ4v) is 2.45. The van der Waals surface area contributed by atoms with E-state index >= 15 is 0 Å². The summed E-state index contributed by atoms with van der Waals surface area (Å²) >= 11 is 0. The number of nitrogens with one attached hydrogen (secondary N) is 2. The Hall–Kier alpha value is -3.42. The predicted octanol–water partition coefficient (Wildman–Crippen LogP) is 4.91. The lowest BCUT2D eigenvalue weighted by molar-refractivity contribution is -0.137. The Labute approximate surface area is 158 Å². The molecule has 1 heterocycles. The zero-order chi connectivity index (χ0) is 20.1. The lowest BCUT2D eigenvalue weighted by atomic mass is 10.2. The molecule has 0 aliphatic heterocycles. The quantitative estimate of drug-likeness (QED) is 0.610. The van der Waals surface area contributed by atoms with E-state index in [2.05, 4.69) is 15.6 Å². The molecule has 0 radical (unpaired) electrons. The molecule has 0 spiro atoms. The van der Waals surface area contributed by atoms with Crippen molar-refractivity contribution in [3.8, 4) is 0 Å². The highest BCUT2D eigenvalue weighted by Crippen LogP contribution is 2.31. The van der Waals surface area contributed by atoms with Crippen LogP contribution in [0.25, 0.3) is 0 Å². The highest BCUT2D eigenvalue weighted by atomic mass is 19.4. The highest BCUT2D eigenvalue weighted by Gasteiger charge is 2.30. The number of hydrogen-bond donors (Lipinski definition) is 2. The van der Waals surface area contributed by atoms with Crippen molar-refractivity contribution in [1.29, 1.82) is 0 Å². The average molecular weight is 389 g/mol. The molecule has 3 aromatic rings. The maximum Gasteiger partial charge on any atom is 0.416 e. The molecule has 0 bridgehead atoms. The number of hydrogen-bond acceptors (Lipinski definition) is 3. The van der Waals surface area contributed by atoms with Gasteiger partial charge in [0.05, 0.1) is 5.56 Å². The van der Waals surface area contributed by atoms with Gasteiger partial charge in [0.2, 0.25) is 0 Å². The van der Waals surface area contributed by atoms with Gasteiger partial charge in [-0.3, -0.25) is 9.78 Å². The van der Waals surface area contributed by atoms with Crippen molar-refractivity contribution in [3.05, 3.63) is 89.5 Å². The summed E-state index contributed by atoms with van der Waals surface area (Å²) in [4.78, 5) is 16.2. The van der Waals surface area contributed by atoms with Crippen LogP contribution in [0.2, 0.25) is 0 Å². The minimum atomic E-state index is -4.44. The van der Waals surface area contributed by atoms with Gasteiger partial charge in [0.25, 0.3) is 5.91 Å². The van der Waals surface area contributed by atoms with Crippen molar-refractivity contribution in [2.24, 2.45) is 0 Å². The molecule has 0 saturated heterocycles. The summed E-state index contributed by atoms with van der Waals surface area (Å²) in [5, 5.41) is 5.48. The summed E-state index contributed by atoms with van der Waals surface area (Å²) in [7, 11) is 0. The highest BCUT2D eigenvalue weighted by molar-refractivity contribution is 5.93. The van der Waals surface area contributed by atoms with E-state index in [1.54, 1.807) is 12.1 Å². The van der Waals surface area contributed by atoms with Gasteiger partial charge in [0.1, 0.15) is 11.5 Å². The molecule has 0 unspecified atom stereocenters. The van der Waals surface area contributed by atoms with Crippen LogP contribution in [-0.2, 0) is 12.7 Å². The molecule has 4 nitrogen and oxygen atoms in total. The Kier molecular flexibility index (Phi) is 5.58. The third kappa shape index (κ3) is 5.06. The van der Waals surface area contributed by atoms with Crippen LogP contribution >= 0.6 is 0 Å². The Morgan fingerprint density at radius 3 is 2.39 bits per heavy atom. The van der Waals surface area contributed by atoms with Crippen LogP contribution in [-0.4, -0.2) is 10.9 Å². The minimum Gasteiger partial charge on any atom is -0.355 e. The molecule has 1 amide bonds. The third-order valence-corrected chi connectivity index (χ3v) is 3.84. The second kappa shape index (κ2) is 8.08. The van der Waals surface area contributed by atoms with Gasteiger partial charge in [-0.15, -0.1) is 0 Å². The predicted molar refractivity (Wildman–Crippen MR) is 96.5 cm³/mol. The number of amides is 1. The van der Waals surface area contributed by atoms with Crippen molar-refractivity contribution >= 4 is 17.3 Å². The molecular formula is C20H15F4N3O. The number of aromatic nitrogens is 1. The fourth-order valence-electron chi connectivity index (χ4n) is 2.45. The second-order valence-corrected chi connectivity index (χ2v) is 5.94. The van der Waals surface area contributed by atoms with Crippen molar-refractivity contribution < 1.29 is 22.4 Å². The van der Waals surface area contributed by atoms with Crippen LogP contribution < -0.4 is 10.6 Å². The average Bonchev–Trinajstić information content (AvgIpc) is 2.67. The van der Waals surface area contributed by atoms with Gasteiger partial charge in [0.15, 0.2) is 0 Å². The van der Waals surface area contributed by atoms with E-state index in [1.165, 1.54) is 42.6 Å². The standard InChI is InChI=1S/C20H15F4N3O/c21-15-6-4-13(5-7-15)12-26-19(28)18-11-17(8-9-25-18)27-16-3-1-2-14(10-16)20(22,23)24/h1-11H,12H2,(H,25,27)(H,26,28). The van der Waals surface area contributed by atoms with E-state index in [0.29, 0.717) is 11.3 Å². The number of carbonyl (C=O) groups excluding carboxylic acids is 1. The first-order valence-corrected chi connectivity index (χ1v) is 8.24. The Balaban J connectivity index is 1.68. The van der Waals surface area contributed by atoms with Crippen LogP contribution in [0, 0.1) is 5.82 Å². The number of anilines is 2. The summed E-state index contributed by atoms with van der Waals surface area (Å²) < 4.78 is 51.3. The van der Waals surface area contributed by atoms with Crippen LogP contribution in [0.3, 0.4) is 0 Å². The van der Waals surface area contributed by atoms with Crippen molar-refractivity contribution in [1.82, 2.24) is 10.3 Å². The van der Waals surface area contributed by atoms with Crippen molar-refractivity contribution in [2.75, 3.05) is 5.32 Å². The van der Waals surface area contributed by atoms with Gasteiger partial charge < -0.3 is 10.6 Å². The van der Waals surface area contributed by atoms with E-state index in [9.17, 15) is 22.4 Å². The molecule has 0 atom stereocenters. The number of halogens is 4. The molecule has 0 saturated carbocycles. The van der Waals surface area contributed by atoms with Crippen LogP contribution in [0.15, 0.2) is 66.9 Å². The summed E-state index contributed by atoms with van der Waals surface area (Å²) in [6, 6.07) is 13.4. The molecule has 0 aliphatic rings. The van der Waals surface area contributed by atoms with Gasteiger partial charge >= 0.3 is 6.18 Å². The fraction of sp³-hybridized carbons (Fsp3) is 0.100. The number of benzene rings is 2. The lowest BCUT2D eigenvalue weighted by Gasteiger charge is -2.11. The molecule has 8 heteroatoms. The topological polar surface area (TPSA) is 54.0 Å². The zero-order valence-electron chi connectivity index (χ0n) is 14.4. The maximum atomic E-state index is 12.9. The molecule has 2 aromatic carbocycles. The summed E-state index contributed by atoms with van der Waals surface area (Å²) in [5.74, 6) is -0.831. The van der Waals surface area contributed by atoms with Gasteiger partial charge in [-0.25, -0.2) is 4.39 Å². The number of rotatable bonds is 5. The summed E-state index contributed by atoms with van der Waals surface area (Å²) in [6.07, 6.45) is -3.07. The molecule has 144 valence electrons. The monoisotopic (exact) mass is 389 g/mol. The Morgan fingerprint density at radius 1 is 0.964 bits per heavy atom. The molecule has 0 aliphatic carbocycles. The first-order chi connectivity index (χ1) is 13.3. The molecular weight excluding hydrogens is 374 g/mol. The Bertz CT molecular complexity index is 972. The smallest absolute Gasteiger partial charge is 0.355 e. The third-order valence-electron chi connectivity index (χ3n) is 3.84. The zero-order valence-corrected chi connectivity index (χ0v) is 14.4. The molecule has 0 fully saturated rings. The van der Waals surface area contributed by atoms with Crippen molar-refractivity contribution in [3.63, 3.8) is 0 Å². The first kappa shape index (κ1) is 19.3. The lowest BCUT2D eigenvalue weighted by Crippen LogP contribution is -2.23. The summed E-state index contributed by atoms with van der Waals surface area (Å²) in [6.45, 7) is 0.187. The largest absolute Gasteiger partial charge is 0.416 e. The number of carbonyl (C=O) groups is 1. The van der Waals surface area contributed by atoms with Crippen LogP contribution in [0.1, 0.15) is 21.6 Å². The number of alkyl halides is 3. The first-order valence-electron chi connectivity index (χ1n) is 8.24. The van der Waals surface area contributed by atoms with Gasteiger partial charge in [0, 0.05) is 24.1 Å². The number of pyridine rings is 1. The second-order valence-electron chi connectivity index (χ2n) is 5.94. The molecule has 3 rings (SSSR count). The van der Waals surface area contributed by atoms with E-state index in [0.717, 1.165) is 12.1 Å². The van der Waals surface area contributed by atoms with Crippen molar-refractivity contribution in [2.45, 2.75) is 12.7 Å². The molecule has 1 aromatic heterocycles. The van der Waals surface area contributed by atoms with Gasteiger partial charge in [-0.1, -0.05) is 18.2 Å². The van der Waals surface area contributed by atoms with Crippen LogP contribution in [0.4, 0.5) is 28.9 Å². The molecule has 2 N–H and O–H groups in total. The minimum absolute atomic E-state index is 0.0964. The van der Waals surface area contributed by atoms with Crippen LogP contribution in [0.5, 0.6) is 0 Å². The van der Waals surface area contributed by atoms with E-state index in [4.69, 9.17) is 0 Å². The molecule has 28 heavy (non-hydrogen) atoms. The Morgan fingerprint density at radius 2 is 1.68 bits per heavy atom. The SMILES string of the molecule is O=C(NCc1ccc(F)cc1)c1cc(Nc2cccc(C(F)(F)F)c2)ccn1. The van der Waals surface area contributed by atoms with E-state index in [-0.39, 0.29) is 23.7 Å². The van der Waals surface area contributed by atoms with E-state index in [1.807, 2.05) is 0 Å². The van der Waals surface area contributed by atoms with Gasteiger partial charge in [-0.2, -0.15) is 13.2 Å². The van der Waals surface area contributed by atoms with E-state index < -0.39 is 17.6 Å². The summed E-state index contributed by atoms with van der Waals surface area (Å²) in [5.41, 5.74) is 0.691. The maximum absolute atomic E-state index is 12.9. The normalized spacial score (nSPS) is 11.1. The van der Waals surface area contributed by atoms with Gasteiger partial charge in [-0.05, 0) is 48.0 Å². The number of nitrogens with zero attached hydrogens (tertiary/aromatic N) is 1.